The van der Waals surface area contributed by atoms with Gasteiger partial charge in [-0.15, -0.1) is 0 Å². The van der Waals surface area contributed by atoms with Gasteiger partial charge in [0.15, 0.2) is 0 Å². The van der Waals surface area contributed by atoms with Crippen molar-refractivity contribution in [3.05, 3.63) is 29.8 Å². The molecule has 1 unspecified atom stereocenters. The minimum Gasteiger partial charge on any atom is -0.389 e. The second-order valence-electron chi connectivity index (χ2n) is 5.26. The maximum absolute atomic E-state index is 9.83. The van der Waals surface area contributed by atoms with Crippen molar-refractivity contribution in [1.29, 1.82) is 0 Å². The van der Waals surface area contributed by atoms with Gasteiger partial charge in [-0.1, -0.05) is 25.1 Å². The average Bonchev–Trinajstić information content (AvgIpc) is 2.54. The number of aliphatic hydroxyl groups excluding tert-OH is 1. The highest BCUT2D eigenvalue weighted by atomic mass is 16.3. The van der Waals surface area contributed by atoms with Crippen molar-refractivity contribution < 1.29 is 5.11 Å². The van der Waals surface area contributed by atoms with Crippen molar-refractivity contribution in [2.24, 2.45) is 5.92 Å². The van der Waals surface area contributed by atoms with Gasteiger partial charge in [0.05, 0.1) is 6.10 Å². The van der Waals surface area contributed by atoms with Gasteiger partial charge in [0, 0.05) is 24.3 Å². The first kappa shape index (κ1) is 12.4. The van der Waals surface area contributed by atoms with Crippen LogP contribution in [0.2, 0.25) is 0 Å². The Morgan fingerprint density at radius 3 is 2.76 bits per heavy atom. The monoisotopic (exact) mass is 233 g/mol. The number of anilines is 1. The summed E-state index contributed by atoms with van der Waals surface area (Å²) >= 11 is 0. The Labute approximate surface area is 104 Å². The van der Waals surface area contributed by atoms with E-state index in [4.69, 9.17) is 0 Å². The van der Waals surface area contributed by atoms with Crippen LogP contribution in [0.15, 0.2) is 24.3 Å². The Bertz CT molecular complexity index is 362. The third-order valence-electron chi connectivity index (χ3n) is 3.74. The molecule has 0 aromatic heterocycles. The zero-order chi connectivity index (χ0) is 12.3. The Morgan fingerprint density at radius 2 is 2.00 bits per heavy atom. The summed E-state index contributed by atoms with van der Waals surface area (Å²) in [7, 11) is 0. The van der Waals surface area contributed by atoms with Crippen molar-refractivity contribution in [1.82, 2.24) is 0 Å². The van der Waals surface area contributed by atoms with E-state index in [-0.39, 0.29) is 6.10 Å². The molecule has 2 atom stereocenters. The minimum atomic E-state index is -0.383. The summed E-state index contributed by atoms with van der Waals surface area (Å²) in [5.41, 5.74) is 2.28. The van der Waals surface area contributed by atoms with Crippen LogP contribution in [0.1, 0.15) is 44.8 Å². The lowest BCUT2D eigenvalue weighted by atomic mass is 10.0. The standard InChI is InChI=1S/C15H23NO/c1-12-6-5-10-16(11-9-12)15-8-4-3-7-14(15)13(2)17/h3-4,7-8,12-13,17H,5-6,9-11H2,1-2H3/t12?,13-/m1/s1. The number of hydrogen-bond donors (Lipinski definition) is 1. The lowest BCUT2D eigenvalue weighted by Gasteiger charge is -2.26. The Morgan fingerprint density at radius 1 is 1.24 bits per heavy atom. The first-order valence-corrected chi connectivity index (χ1v) is 6.70. The lowest BCUT2D eigenvalue weighted by molar-refractivity contribution is 0.199. The molecule has 1 saturated heterocycles. The lowest BCUT2D eigenvalue weighted by Crippen LogP contribution is -2.25. The Hall–Kier alpha value is -1.02. The predicted octanol–water partition coefficient (Wildman–Crippen LogP) is 3.37. The van der Waals surface area contributed by atoms with Crippen LogP contribution in [-0.2, 0) is 0 Å². The molecule has 2 nitrogen and oxygen atoms in total. The topological polar surface area (TPSA) is 23.5 Å². The third kappa shape index (κ3) is 3.01. The summed E-state index contributed by atoms with van der Waals surface area (Å²) in [5.74, 6) is 0.832. The molecule has 1 aliphatic rings. The normalized spacial score (nSPS) is 23.2. The van der Waals surface area contributed by atoms with E-state index >= 15 is 0 Å². The molecule has 0 aliphatic carbocycles. The van der Waals surface area contributed by atoms with Crippen molar-refractivity contribution in [3.63, 3.8) is 0 Å². The van der Waals surface area contributed by atoms with Crippen molar-refractivity contribution in [3.8, 4) is 0 Å². The van der Waals surface area contributed by atoms with E-state index in [9.17, 15) is 5.11 Å². The molecule has 0 spiro atoms. The molecule has 1 fully saturated rings. The van der Waals surface area contributed by atoms with Gasteiger partial charge in [-0.2, -0.15) is 0 Å². The molecule has 1 N–H and O–H groups in total. The molecule has 0 radical (unpaired) electrons. The summed E-state index contributed by atoms with van der Waals surface area (Å²) < 4.78 is 0. The maximum atomic E-state index is 9.83. The van der Waals surface area contributed by atoms with Gasteiger partial charge in [0.1, 0.15) is 0 Å². The molecular weight excluding hydrogens is 210 g/mol. The molecule has 0 bridgehead atoms. The van der Waals surface area contributed by atoms with Gasteiger partial charge in [-0.3, -0.25) is 0 Å². The van der Waals surface area contributed by atoms with Crippen LogP contribution >= 0.6 is 0 Å². The number of nitrogens with zero attached hydrogens (tertiary/aromatic N) is 1. The molecule has 2 heteroatoms. The van der Waals surface area contributed by atoms with Gasteiger partial charge in [0.2, 0.25) is 0 Å². The molecular formula is C15H23NO. The highest BCUT2D eigenvalue weighted by molar-refractivity contribution is 5.54. The van der Waals surface area contributed by atoms with Gasteiger partial charge in [0.25, 0.3) is 0 Å². The van der Waals surface area contributed by atoms with Crippen LogP contribution in [0.3, 0.4) is 0 Å². The van der Waals surface area contributed by atoms with Crippen LogP contribution in [-0.4, -0.2) is 18.2 Å². The maximum Gasteiger partial charge on any atom is 0.0781 e. The van der Waals surface area contributed by atoms with Crippen molar-refractivity contribution in [2.75, 3.05) is 18.0 Å². The fraction of sp³-hybridized carbons (Fsp3) is 0.600. The Kier molecular flexibility index (Phi) is 4.06. The molecule has 2 rings (SSSR count). The van der Waals surface area contributed by atoms with Crippen LogP contribution in [0.25, 0.3) is 0 Å². The van der Waals surface area contributed by atoms with Gasteiger partial charge in [-0.25, -0.2) is 0 Å². The molecule has 17 heavy (non-hydrogen) atoms. The predicted molar refractivity (Wildman–Crippen MR) is 72.3 cm³/mol. The number of rotatable bonds is 2. The first-order valence-electron chi connectivity index (χ1n) is 6.70. The summed E-state index contributed by atoms with van der Waals surface area (Å²) in [5, 5.41) is 9.83. The summed E-state index contributed by atoms with van der Waals surface area (Å²) in [6, 6.07) is 8.24. The van der Waals surface area contributed by atoms with Crippen LogP contribution in [0, 0.1) is 5.92 Å². The van der Waals surface area contributed by atoms with E-state index in [2.05, 4.69) is 24.0 Å². The minimum absolute atomic E-state index is 0.383. The van der Waals surface area contributed by atoms with Crippen LogP contribution in [0.5, 0.6) is 0 Å². The van der Waals surface area contributed by atoms with Crippen molar-refractivity contribution >= 4 is 5.69 Å². The fourth-order valence-electron chi connectivity index (χ4n) is 2.63. The van der Waals surface area contributed by atoms with E-state index < -0.39 is 0 Å². The van der Waals surface area contributed by atoms with Gasteiger partial charge >= 0.3 is 0 Å². The van der Waals surface area contributed by atoms with Crippen LogP contribution < -0.4 is 4.90 Å². The molecule has 94 valence electrons. The average molecular weight is 233 g/mol. The van der Waals surface area contributed by atoms with Gasteiger partial charge < -0.3 is 10.0 Å². The van der Waals surface area contributed by atoms with E-state index in [1.54, 1.807) is 0 Å². The molecule has 1 aromatic carbocycles. The first-order chi connectivity index (χ1) is 8.18. The summed E-state index contributed by atoms with van der Waals surface area (Å²) in [6.07, 6.45) is 3.46. The van der Waals surface area contributed by atoms with E-state index in [1.807, 2.05) is 19.1 Å². The molecule has 0 amide bonds. The summed E-state index contributed by atoms with van der Waals surface area (Å²) in [4.78, 5) is 2.44. The molecule has 0 saturated carbocycles. The zero-order valence-corrected chi connectivity index (χ0v) is 10.9. The van der Waals surface area contributed by atoms with Crippen molar-refractivity contribution in [2.45, 2.75) is 39.2 Å². The largest absolute Gasteiger partial charge is 0.389 e. The third-order valence-corrected chi connectivity index (χ3v) is 3.74. The quantitative estimate of drug-likeness (QED) is 0.846. The van der Waals surface area contributed by atoms with E-state index in [1.165, 1.54) is 24.9 Å². The molecule has 1 aromatic rings. The van der Waals surface area contributed by atoms with Gasteiger partial charge in [-0.05, 0) is 38.2 Å². The number of hydrogen-bond acceptors (Lipinski definition) is 2. The highest BCUT2D eigenvalue weighted by Gasteiger charge is 2.17. The number of aliphatic hydroxyl groups is 1. The molecule has 1 heterocycles. The second-order valence-corrected chi connectivity index (χ2v) is 5.26. The number of benzene rings is 1. The Balaban J connectivity index is 2.21. The molecule has 1 aliphatic heterocycles. The highest BCUT2D eigenvalue weighted by Crippen LogP contribution is 2.29. The SMILES string of the molecule is CC1CCCN(c2ccccc2[C@@H](C)O)CC1. The smallest absolute Gasteiger partial charge is 0.0781 e. The second kappa shape index (κ2) is 5.54. The fourth-order valence-corrected chi connectivity index (χ4v) is 2.63. The zero-order valence-electron chi connectivity index (χ0n) is 10.9. The number of para-hydroxylation sites is 1. The summed E-state index contributed by atoms with van der Waals surface area (Å²) in [6.45, 7) is 6.42. The van der Waals surface area contributed by atoms with E-state index in [0.717, 1.165) is 24.6 Å². The van der Waals surface area contributed by atoms with E-state index in [0.29, 0.717) is 0 Å². The van der Waals surface area contributed by atoms with Crippen LogP contribution in [0.4, 0.5) is 5.69 Å².